The van der Waals surface area contributed by atoms with Gasteiger partial charge in [-0.25, -0.2) is 0 Å². The summed E-state index contributed by atoms with van der Waals surface area (Å²) in [5, 5.41) is 0. The van der Waals surface area contributed by atoms with Gasteiger partial charge >= 0.3 is 0 Å². The molecular formula is C18H25ClN2O. The Morgan fingerprint density at radius 3 is 2.00 bits per heavy atom. The van der Waals surface area contributed by atoms with Crippen LogP contribution in [0.15, 0.2) is 24.3 Å². The zero-order valence-corrected chi connectivity index (χ0v) is 13.9. The summed E-state index contributed by atoms with van der Waals surface area (Å²) in [6.45, 7) is 0. The Bertz CT molecular complexity index is 529. The molecule has 3 nitrogen and oxygen atoms in total. The topological polar surface area (TPSA) is 46.3 Å². The first-order valence-electron chi connectivity index (χ1n) is 8.24. The SMILES string of the molecule is CN(C(=O)c1ccc(N)cc1)C1C2CC3CC(C2)CC1C3.Cl. The highest BCUT2D eigenvalue weighted by molar-refractivity contribution is 5.94. The average molecular weight is 321 g/mol. The standard InChI is InChI=1S/C18H24N2O.ClH/c1-20(18(21)13-2-4-16(19)5-3-13)17-14-7-11-6-12(9-14)10-15(17)8-11;/h2-5,11-12,14-15,17H,6-10,19H2,1H3;1H. The van der Waals surface area contributed by atoms with Crippen molar-refractivity contribution in [3.8, 4) is 0 Å². The van der Waals surface area contributed by atoms with E-state index in [1.54, 1.807) is 0 Å². The van der Waals surface area contributed by atoms with Gasteiger partial charge in [0.05, 0.1) is 0 Å². The second-order valence-corrected chi connectivity index (χ2v) is 7.46. The number of nitrogens with zero attached hydrogens (tertiary/aromatic N) is 1. The van der Waals surface area contributed by atoms with Gasteiger partial charge in [-0.3, -0.25) is 4.79 Å². The quantitative estimate of drug-likeness (QED) is 0.846. The van der Waals surface area contributed by atoms with E-state index in [2.05, 4.69) is 0 Å². The molecule has 0 radical (unpaired) electrons. The molecule has 0 spiro atoms. The van der Waals surface area contributed by atoms with Gasteiger partial charge in [-0.15, -0.1) is 12.4 Å². The Morgan fingerprint density at radius 1 is 1.00 bits per heavy atom. The number of carbonyl (C=O) groups excluding carboxylic acids is 1. The number of hydrogen-bond donors (Lipinski definition) is 1. The number of nitrogen functional groups attached to an aromatic ring is 1. The molecule has 4 aliphatic carbocycles. The first-order valence-corrected chi connectivity index (χ1v) is 8.24. The molecule has 0 unspecified atom stereocenters. The summed E-state index contributed by atoms with van der Waals surface area (Å²) in [6.07, 6.45) is 6.83. The minimum absolute atomic E-state index is 0. The Hall–Kier alpha value is -1.22. The van der Waals surface area contributed by atoms with E-state index in [1.807, 2.05) is 36.2 Å². The summed E-state index contributed by atoms with van der Waals surface area (Å²) in [7, 11) is 2.01. The van der Waals surface area contributed by atoms with Gasteiger partial charge in [-0.2, -0.15) is 0 Å². The number of rotatable bonds is 2. The predicted molar refractivity (Wildman–Crippen MR) is 91.0 cm³/mol. The number of hydrogen-bond acceptors (Lipinski definition) is 2. The Kier molecular flexibility index (Phi) is 4.11. The Balaban J connectivity index is 0.00000144. The fourth-order valence-electron chi connectivity index (χ4n) is 5.49. The highest BCUT2D eigenvalue weighted by Crippen LogP contribution is 2.55. The van der Waals surface area contributed by atoms with Gasteiger partial charge in [-0.1, -0.05) is 0 Å². The van der Waals surface area contributed by atoms with Crippen LogP contribution in [0, 0.1) is 23.7 Å². The zero-order valence-electron chi connectivity index (χ0n) is 13.1. The largest absolute Gasteiger partial charge is 0.399 e. The molecule has 22 heavy (non-hydrogen) atoms. The maximum absolute atomic E-state index is 12.8. The maximum Gasteiger partial charge on any atom is 0.253 e. The van der Waals surface area contributed by atoms with Crippen molar-refractivity contribution in [2.75, 3.05) is 12.8 Å². The van der Waals surface area contributed by atoms with Crippen LogP contribution in [0.4, 0.5) is 5.69 Å². The van der Waals surface area contributed by atoms with E-state index < -0.39 is 0 Å². The molecule has 4 heteroatoms. The lowest BCUT2D eigenvalue weighted by molar-refractivity contribution is -0.0491. The van der Waals surface area contributed by atoms with Gasteiger partial charge in [-0.05, 0) is 80.0 Å². The van der Waals surface area contributed by atoms with Crippen LogP contribution >= 0.6 is 12.4 Å². The third-order valence-electron chi connectivity index (χ3n) is 6.10. The minimum atomic E-state index is 0. The fraction of sp³-hybridized carbons (Fsp3) is 0.611. The van der Waals surface area contributed by atoms with Crippen molar-refractivity contribution < 1.29 is 4.79 Å². The van der Waals surface area contributed by atoms with Crippen LogP contribution in [-0.4, -0.2) is 23.9 Å². The van der Waals surface area contributed by atoms with Gasteiger partial charge in [0.25, 0.3) is 5.91 Å². The smallest absolute Gasteiger partial charge is 0.253 e. The molecule has 0 heterocycles. The van der Waals surface area contributed by atoms with Crippen molar-refractivity contribution in [1.82, 2.24) is 4.90 Å². The lowest BCUT2D eigenvalue weighted by Crippen LogP contribution is -2.56. The first-order chi connectivity index (χ1) is 10.1. The third kappa shape index (κ3) is 2.50. The maximum atomic E-state index is 12.8. The van der Waals surface area contributed by atoms with Crippen molar-refractivity contribution in [2.45, 2.75) is 38.1 Å². The van der Waals surface area contributed by atoms with Gasteiger partial charge in [0, 0.05) is 24.3 Å². The lowest BCUT2D eigenvalue weighted by Gasteiger charge is -2.56. The molecule has 4 aliphatic rings. The van der Waals surface area contributed by atoms with Crippen molar-refractivity contribution in [1.29, 1.82) is 0 Å². The summed E-state index contributed by atoms with van der Waals surface area (Å²) >= 11 is 0. The van der Waals surface area contributed by atoms with Gasteiger partial charge in [0.2, 0.25) is 0 Å². The Morgan fingerprint density at radius 2 is 1.50 bits per heavy atom. The highest BCUT2D eigenvalue weighted by atomic mass is 35.5. The van der Waals surface area contributed by atoms with Crippen LogP contribution in [0.1, 0.15) is 42.5 Å². The zero-order chi connectivity index (χ0) is 14.6. The van der Waals surface area contributed by atoms with Crippen LogP contribution in [0.2, 0.25) is 0 Å². The van der Waals surface area contributed by atoms with Crippen molar-refractivity contribution in [2.24, 2.45) is 23.7 Å². The summed E-state index contributed by atoms with van der Waals surface area (Å²) < 4.78 is 0. The van der Waals surface area contributed by atoms with Crippen LogP contribution < -0.4 is 5.73 Å². The molecule has 2 N–H and O–H groups in total. The molecule has 1 aromatic carbocycles. The van der Waals surface area contributed by atoms with E-state index in [1.165, 1.54) is 32.1 Å². The molecule has 0 atom stereocenters. The van der Waals surface area contributed by atoms with Crippen molar-refractivity contribution >= 4 is 24.0 Å². The van der Waals surface area contributed by atoms with Gasteiger partial charge in [0.1, 0.15) is 0 Å². The highest BCUT2D eigenvalue weighted by Gasteiger charge is 2.50. The lowest BCUT2D eigenvalue weighted by atomic mass is 9.54. The summed E-state index contributed by atoms with van der Waals surface area (Å²) in [6, 6.07) is 7.80. The number of anilines is 1. The van der Waals surface area contributed by atoms with E-state index >= 15 is 0 Å². The second kappa shape index (κ2) is 5.77. The van der Waals surface area contributed by atoms with Crippen LogP contribution in [0.3, 0.4) is 0 Å². The minimum Gasteiger partial charge on any atom is -0.399 e. The molecule has 0 aromatic heterocycles. The number of benzene rings is 1. The monoisotopic (exact) mass is 320 g/mol. The predicted octanol–water partition coefficient (Wildman–Crippen LogP) is 3.59. The van der Waals surface area contributed by atoms with Crippen LogP contribution in [-0.2, 0) is 0 Å². The molecule has 4 bridgehead atoms. The van der Waals surface area contributed by atoms with Crippen LogP contribution in [0.5, 0.6) is 0 Å². The number of nitrogens with two attached hydrogens (primary N) is 1. The van der Waals surface area contributed by atoms with Crippen LogP contribution in [0.25, 0.3) is 0 Å². The summed E-state index contributed by atoms with van der Waals surface area (Å²) in [5.74, 6) is 3.54. The number of carbonyl (C=O) groups is 1. The number of halogens is 1. The van der Waals surface area contributed by atoms with E-state index in [-0.39, 0.29) is 18.3 Å². The first kappa shape index (κ1) is 15.7. The third-order valence-corrected chi connectivity index (χ3v) is 6.10. The average Bonchev–Trinajstić information content (AvgIpc) is 2.46. The normalized spacial score (nSPS) is 35.0. The van der Waals surface area contributed by atoms with E-state index in [0.29, 0.717) is 11.7 Å². The molecule has 0 aliphatic heterocycles. The fourth-order valence-corrected chi connectivity index (χ4v) is 5.49. The molecular weight excluding hydrogens is 296 g/mol. The van der Waals surface area contributed by atoms with E-state index in [9.17, 15) is 4.79 Å². The molecule has 120 valence electrons. The van der Waals surface area contributed by atoms with Crippen molar-refractivity contribution in [3.05, 3.63) is 29.8 Å². The molecule has 1 amide bonds. The Labute approximate surface area is 138 Å². The summed E-state index contributed by atoms with van der Waals surface area (Å²) in [4.78, 5) is 14.8. The molecule has 1 aromatic rings. The van der Waals surface area contributed by atoms with E-state index in [4.69, 9.17) is 5.73 Å². The van der Waals surface area contributed by atoms with Crippen molar-refractivity contribution in [3.63, 3.8) is 0 Å². The van der Waals surface area contributed by atoms with Gasteiger partial charge in [0.15, 0.2) is 0 Å². The summed E-state index contributed by atoms with van der Waals surface area (Å²) in [5.41, 5.74) is 7.19. The molecule has 4 saturated carbocycles. The van der Waals surface area contributed by atoms with E-state index in [0.717, 1.165) is 29.2 Å². The van der Waals surface area contributed by atoms with Gasteiger partial charge < -0.3 is 10.6 Å². The second-order valence-electron chi connectivity index (χ2n) is 7.46. The number of amides is 1. The molecule has 0 saturated heterocycles. The molecule has 5 rings (SSSR count). The molecule has 4 fully saturated rings.